The summed E-state index contributed by atoms with van der Waals surface area (Å²) in [6, 6.07) is 10.8. The highest BCUT2D eigenvalue weighted by Gasteiger charge is 2.25. The van der Waals surface area contributed by atoms with E-state index in [4.69, 9.17) is 4.98 Å². The van der Waals surface area contributed by atoms with E-state index < -0.39 is 0 Å². The monoisotopic (exact) mass is 264 g/mol. The summed E-state index contributed by atoms with van der Waals surface area (Å²) >= 11 is 0. The fraction of sp³-hybridized carbons (Fsp3) is 0.250. The van der Waals surface area contributed by atoms with E-state index in [1.54, 1.807) is 6.20 Å². The standard InChI is InChI=1S/C16H16N4/c1-20-14-10-17-8-7-13(14)19-16(20)15-12-5-3-2-4-11(12)6-9-18-15/h2-5,7-8,10,15,18H,6,9H2,1H3. The Hall–Kier alpha value is -2.20. The van der Waals surface area contributed by atoms with Crippen LogP contribution in [-0.4, -0.2) is 21.1 Å². The third kappa shape index (κ3) is 1.65. The number of hydrogen-bond donors (Lipinski definition) is 1. The number of benzene rings is 1. The van der Waals surface area contributed by atoms with Gasteiger partial charge in [-0.05, 0) is 23.6 Å². The van der Waals surface area contributed by atoms with Crippen molar-refractivity contribution in [3.8, 4) is 0 Å². The van der Waals surface area contributed by atoms with Crippen LogP contribution in [0.2, 0.25) is 0 Å². The van der Waals surface area contributed by atoms with Crippen LogP contribution in [0.25, 0.3) is 11.0 Å². The number of nitrogens with one attached hydrogen (secondary N) is 1. The second-order valence-corrected chi connectivity index (χ2v) is 5.23. The van der Waals surface area contributed by atoms with Gasteiger partial charge in [0.15, 0.2) is 0 Å². The molecule has 3 aromatic rings. The second-order valence-electron chi connectivity index (χ2n) is 5.23. The van der Waals surface area contributed by atoms with Gasteiger partial charge in [-0.2, -0.15) is 0 Å². The van der Waals surface area contributed by atoms with Crippen molar-refractivity contribution < 1.29 is 0 Å². The third-order valence-electron chi connectivity index (χ3n) is 4.08. The number of imidazole rings is 1. The molecule has 0 aliphatic carbocycles. The summed E-state index contributed by atoms with van der Waals surface area (Å²) < 4.78 is 2.14. The number of fused-ring (bicyclic) bond motifs is 2. The molecule has 100 valence electrons. The summed E-state index contributed by atoms with van der Waals surface area (Å²) in [6.45, 7) is 0.989. The molecule has 0 bridgehead atoms. The van der Waals surface area contributed by atoms with Crippen LogP contribution in [0.15, 0.2) is 42.7 Å². The third-order valence-corrected chi connectivity index (χ3v) is 4.08. The zero-order chi connectivity index (χ0) is 13.5. The zero-order valence-electron chi connectivity index (χ0n) is 11.4. The van der Waals surface area contributed by atoms with E-state index in [0.717, 1.165) is 29.8 Å². The van der Waals surface area contributed by atoms with E-state index in [1.807, 2.05) is 12.3 Å². The van der Waals surface area contributed by atoms with Gasteiger partial charge in [0.05, 0.1) is 23.3 Å². The Bertz CT molecular complexity index is 775. The van der Waals surface area contributed by atoms with Crippen LogP contribution in [0, 0.1) is 0 Å². The molecule has 2 aromatic heterocycles. The summed E-state index contributed by atoms with van der Waals surface area (Å²) in [6.07, 6.45) is 4.75. The van der Waals surface area contributed by atoms with Crippen molar-refractivity contribution in [3.05, 3.63) is 59.7 Å². The molecular weight excluding hydrogens is 248 g/mol. The van der Waals surface area contributed by atoms with Crippen molar-refractivity contribution in [1.29, 1.82) is 0 Å². The Balaban J connectivity index is 1.90. The molecule has 0 spiro atoms. The number of aryl methyl sites for hydroxylation is 1. The lowest BCUT2D eigenvalue weighted by Gasteiger charge is -2.26. The molecule has 0 radical (unpaired) electrons. The molecule has 4 rings (SSSR count). The highest BCUT2D eigenvalue weighted by Crippen LogP contribution is 2.29. The van der Waals surface area contributed by atoms with E-state index in [9.17, 15) is 0 Å². The summed E-state index contributed by atoms with van der Waals surface area (Å²) in [5, 5.41) is 3.59. The van der Waals surface area contributed by atoms with Crippen LogP contribution in [0.5, 0.6) is 0 Å². The predicted molar refractivity (Wildman–Crippen MR) is 78.5 cm³/mol. The molecule has 3 heterocycles. The van der Waals surface area contributed by atoms with Gasteiger partial charge in [0.1, 0.15) is 5.82 Å². The molecule has 1 aliphatic heterocycles. The molecule has 4 heteroatoms. The SMILES string of the molecule is Cn1c(C2NCCc3ccccc32)nc2ccncc21. The van der Waals surface area contributed by atoms with Crippen molar-refractivity contribution in [2.24, 2.45) is 7.05 Å². The maximum atomic E-state index is 4.80. The first kappa shape index (κ1) is 11.6. The topological polar surface area (TPSA) is 42.7 Å². The Morgan fingerprint density at radius 2 is 2.15 bits per heavy atom. The van der Waals surface area contributed by atoms with Crippen LogP contribution in [-0.2, 0) is 13.5 Å². The van der Waals surface area contributed by atoms with E-state index in [2.05, 4.69) is 46.2 Å². The normalized spacial score (nSPS) is 18.1. The average Bonchev–Trinajstić information content (AvgIpc) is 2.84. The summed E-state index contributed by atoms with van der Waals surface area (Å²) in [5.74, 6) is 1.06. The molecule has 0 fully saturated rings. The number of aromatic nitrogens is 3. The van der Waals surface area contributed by atoms with Gasteiger partial charge in [-0.1, -0.05) is 24.3 Å². The van der Waals surface area contributed by atoms with Crippen LogP contribution in [0.4, 0.5) is 0 Å². The maximum Gasteiger partial charge on any atom is 0.131 e. The molecule has 20 heavy (non-hydrogen) atoms. The van der Waals surface area contributed by atoms with Crippen molar-refractivity contribution in [2.45, 2.75) is 12.5 Å². The molecule has 1 aromatic carbocycles. The average molecular weight is 264 g/mol. The first-order valence-corrected chi connectivity index (χ1v) is 6.92. The first-order chi connectivity index (χ1) is 9.84. The Morgan fingerprint density at radius 1 is 1.25 bits per heavy atom. The molecule has 1 unspecified atom stereocenters. The van der Waals surface area contributed by atoms with Gasteiger partial charge in [-0.25, -0.2) is 4.98 Å². The van der Waals surface area contributed by atoms with Crippen LogP contribution < -0.4 is 5.32 Å². The number of pyridine rings is 1. The molecule has 1 aliphatic rings. The summed E-state index contributed by atoms with van der Waals surface area (Å²) in [5.41, 5.74) is 4.83. The second kappa shape index (κ2) is 4.42. The van der Waals surface area contributed by atoms with Crippen molar-refractivity contribution in [2.75, 3.05) is 6.54 Å². The van der Waals surface area contributed by atoms with E-state index in [1.165, 1.54) is 11.1 Å². The van der Waals surface area contributed by atoms with Gasteiger partial charge >= 0.3 is 0 Å². The van der Waals surface area contributed by atoms with Gasteiger partial charge in [-0.3, -0.25) is 4.98 Å². The van der Waals surface area contributed by atoms with E-state index >= 15 is 0 Å². The quantitative estimate of drug-likeness (QED) is 0.732. The largest absolute Gasteiger partial charge is 0.328 e. The smallest absolute Gasteiger partial charge is 0.131 e. The Labute approximate surface area is 117 Å². The fourth-order valence-corrected chi connectivity index (χ4v) is 3.05. The number of rotatable bonds is 1. The zero-order valence-corrected chi connectivity index (χ0v) is 11.4. The van der Waals surface area contributed by atoms with Crippen molar-refractivity contribution in [1.82, 2.24) is 19.9 Å². The number of nitrogens with zero attached hydrogens (tertiary/aromatic N) is 3. The Kier molecular flexibility index (Phi) is 2.57. The van der Waals surface area contributed by atoms with Gasteiger partial charge < -0.3 is 9.88 Å². The minimum absolute atomic E-state index is 0.164. The fourth-order valence-electron chi connectivity index (χ4n) is 3.05. The lowest BCUT2D eigenvalue weighted by Crippen LogP contribution is -2.32. The summed E-state index contributed by atoms with van der Waals surface area (Å²) in [4.78, 5) is 8.99. The first-order valence-electron chi connectivity index (χ1n) is 6.92. The lowest BCUT2D eigenvalue weighted by molar-refractivity contribution is 0.532. The van der Waals surface area contributed by atoms with E-state index in [-0.39, 0.29) is 6.04 Å². The molecule has 4 nitrogen and oxygen atoms in total. The summed E-state index contributed by atoms with van der Waals surface area (Å²) in [7, 11) is 2.06. The number of hydrogen-bond acceptors (Lipinski definition) is 3. The van der Waals surface area contributed by atoms with E-state index in [0.29, 0.717) is 0 Å². The molecule has 0 saturated heterocycles. The Morgan fingerprint density at radius 3 is 3.05 bits per heavy atom. The van der Waals surface area contributed by atoms with Gasteiger partial charge in [0.2, 0.25) is 0 Å². The van der Waals surface area contributed by atoms with Crippen LogP contribution >= 0.6 is 0 Å². The molecule has 0 amide bonds. The van der Waals surface area contributed by atoms with Crippen LogP contribution in [0.1, 0.15) is 23.0 Å². The molecule has 0 saturated carbocycles. The van der Waals surface area contributed by atoms with Gasteiger partial charge in [0, 0.05) is 19.8 Å². The van der Waals surface area contributed by atoms with Crippen molar-refractivity contribution in [3.63, 3.8) is 0 Å². The molecule has 1 N–H and O–H groups in total. The minimum atomic E-state index is 0.164. The minimum Gasteiger partial charge on any atom is -0.328 e. The highest BCUT2D eigenvalue weighted by molar-refractivity contribution is 5.74. The molecule has 1 atom stereocenters. The van der Waals surface area contributed by atoms with Crippen LogP contribution in [0.3, 0.4) is 0 Å². The predicted octanol–water partition coefficient (Wildman–Crippen LogP) is 2.20. The molecular formula is C16H16N4. The van der Waals surface area contributed by atoms with Crippen molar-refractivity contribution >= 4 is 11.0 Å². The maximum absolute atomic E-state index is 4.80. The lowest BCUT2D eigenvalue weighted by atomic mass is 9.94. The van der Waals surface area contributed by atoms with Gasteiger partial charge in [-0.15, -0.1) is 0 Å². The van der Waals surface area contributed by atoms with Gasteiger partial charge in [0.25, 0.3) is 0 Å². The highest BCUT2D eigenvalue weighted by atomic mass is 15.1.